The van der Waals surface area contributed by atoms with E-state index in [0.717, 1.165) is 19.4 Å². The number of nitrogens with zero attached hydrogens (tertiary/aromatic N) is 1. The summed E-state index contributed by atoms with van der Waals surface area (Å²) in [6.07, 6.45) is 1.80. The summed E-state index contributed by atoms with van der Waals surface area (Å²) in [6, 6.07) is 6.46. The molecule has 1 fully saturated rings. The van der Waals surface area contributed by atoms with E-state index in [1.54, 1.807) is 0 Å². The minimum atomic E-state index is -0.435. The van der Waals surface area contributed by atoms with E-state index in [-0.39, 0.29) is 12.1 Å². The summed E-state index contributed by atoms with van der Waals surface area (Å²) in [5.41, 5.74) is 3.27. The first-order chi connectivity index (χ1) is 9.42. The van der Waals surface area contributed by atoms with Gasteiger partial charge in [-0.2, -0.15) is 0 Å². The van der Waals surface area contributed by atoms with Crippen molar-refractivity contribution in [2.75, 3.05) is 6.54 Å². The standard InChI is InChI=1S/C17H26N2O/c1-6-10-19-15(18-17(5,7-2)16(19)20)14-11-12(3)8-9-13(14)4/h8-9,11,15,18H,6-7,10H2,1-5H3. The Hall–Kier alpha value is -1.35. The van der Waals surface area contributed by atoms with Crippen molar-refractivity contribution in [1.29, 1.82) is 0 Å². The zero-order valence-electron chi connectivity index (χ0n) is 13.3. The lowest BCUT2D eigenvalue weighted by Crippen LogP contribution is -2.43. The third-order valence-corrected chi connectivity index (χ3v) is 4.40. The second kappa shape index (κ2) is 5.57. The van der Waals surface area contributed by atoms with Gasteiger partial charge in [-0.15, -0.1) is 0 Å². The van der Waals surface area contributed by atoms with Crippen LogP contribution in [0.5, 0.6) is 0 Å². The summed E-state index contributed by atoms with van der Waals surface area (Å²) in [6.45, 7) is 11.2. The molecule has 1 aromatic carbocycles. The van der Waals surface area contributed by atoms with Crippen LogP contribution >= 0.6 is 0 Å². The molecule has 110 valence electrons. The Morgan fingerprint density at radius 1 is 1.30 bits per heavy atom. The van der Waals surface area contributed by atoms with Gasteiger partial charge in [0.05, 0.1) is 5.54 Å². The molecule has 0 bridgehead atoms. The van der Waals surface area contributed by atoms with Gasteiger partial charge in [0.25, 0.3) is 0 Å². The number of amides is 1. The third kappa shape index (κ3) is 2.47. The molecule has 1 amide bonds. The van der Waals surface area contributed by atoms with Crippen LogP contribution in [0.2, 0.25) is 0 Å². The first-order valence-corrected chi connectivity index (χ1v) is 7.59. The van der Waals surface area contributed by atoms with Crippen LogP contribution in [0.4, 0.5) is 0 Å². The molecule has 2 atom stereocenters. The molecule has 0 saturated carbocycles. The zero-order chi connectivity index (χ0) is 14.9. The van der Waals surface area contributed by atoms with Crippen molar-refractivity contribution in [1.82, 2.24) is 10.2 Å². The molecule has 2 unspecified atom stereocenters. The monoisotopic (exact) mass is 274 g/mol. The minimum Gasteiger partial charge on any atom is -0.321 e. The number of rotatable bonds is 4. The van der Waals surface area contributed by atoms with Crippen LogP contribution in [0.15, 0.2) is 18.2 Å². The Balaban J connectivity index is 2.43. The largest absolute Gasteiger partial charge is 0.321 e. The first kappa shape index (κ1) is 15.0. The van der Waals surface area contributed by atoms with Crippen LogP contribution in [0.1, 0.15) is 56.5 Å². The second-order valence-corrected chi connectivity index (χ2v) is 6.09. The summed E-state index contributed by atoms with van der Waals surface area (Å²) in [4.78, 5) is 14.7. The molecule has 0 radical (unpaired) electrons. The Labute approximate surface area is 122 Å². The van der Waals surface area contributed by atoms with Gasteiger partial charge in [0.15, 0.2) is 0 Å². The van der Waals surface area contributed by atoms with Crippen molar-refractivity contribution in [3.05, 3.63) is 34.9 Å². The van der Waals surface area contributed by atoms with E-state index in [2.05, 4.69) is 51.2 Å². The Morgan fingerprint density at radius 3 is 2.60 bits per heavy atom. The number of hydrogen-bond acceptors (Lipinski definition) is 2. The highest BCUT2D eigenvalue weighted by atomic mass is 16.2. The van der Waals surface area contributed by atoms with Crippen molar-refractivity contribution in [2.45, 2.75) is 59.2 Å². The Morgan fingerprint density at radius 2 is 2.00 bits per heavy atom. The molecule has 0 aliphatic carbocycles. The van der Waals surface area contributed by atoms with E-state index in [9.17, 15) is 4.79 Å². The maximum absolute atomic E-state index is 12.7. The molecule has 3 heteroatoms. The van der Waals surface area contributed by atoms with E-state index in [1.165, 1.54) is 16.7 Å². The number of hydrogen-bond donors (Lipinski definition) is 1. The van der Waals surface area contributed by atoms with Gasteiger partial charge < -0.3 is 4.90 Å². The van der Waals surface area contributed by atoms with Crippen LogP contribution in [0.3, 0.4) is 0 Å². The summed E-state index contributed by atoms with van der Waals surface area (Å²) in [7, 11) is 0. The van der Waals surface area contributed by atoms with Gasteiger partial charge >= 0.3 is 0 Å². The third-order valence-electron chi connectivity index (χ3n) is 4.40. The van der Waals surface area contributed by atoms with E-state index in [4.69, 9.17) is 0 Å². The molecule has 1 saturated heterocycles. The molecule has 1 N–H and O–H groups in total. The SMILES string of the molecule is CCCN1C(=O)C(C)(CC)NC1c1cc(C)ccc1C. The fraction of sp³-hybridized carbons (Fsp3) is 0.588. The zero-order valence-corrected chi connectivity index (χ0v) is 13.3. The summed E-state index contributed by atoms with van der Waals surface area (Å²) >= 11 is 0. The molecule has 2 rings (SSSR count). The maximum atomic E-state index is 12.7. The second-order valence-electron chi connectivity index (χ2n) is 6.09. The predicted molar refractivity (Wildman–Crippen MR) is 82.5 cm³/mol. The van der Waals surface area contributed by atoms with E-state index in [1.807, 2.05) is 11.8 Å². The topological polar surface area (TPSA) is 32.3 Å². The number of carbonyl (C=O) groups is 1. The molecule has 1 heterocycles. The van der Waals surface area contributed by atoms with Crippen LogP contribution in [-0.2, 0) is 4.79 Å². The maximum Gasteiger partial charge on any atom is 0.244 e. The summed E-state index contributed by atoms with van der Waals surface area (Å²) in [5, 5.41) is 3.56. The smallest absolute Gasteiger partial charge is 0.244 e. The lowest BCUT2D eigenvalue weighted by atomic mass is 9.99. The van der Waals surface area contributed by atoms with Gasteiger partial charge in [0.2, 0.25) is 5.91 Å². The molecule has 0 aromatic heterocycles. The molecular weight excluding hydrogens is 248 g/mol. The highest BCUT2D eigenvalue weighted by Crippen LogP contribution is 2.34. The van der Waals surface area contributed by atoms with Gasteiger partial charge in [-0.25, -0.2) is 0 Å². The summed E-state index contributed by atoms with van der Waals surface area (Å²) in [5.74, 6) is 0.229. The molecule has 1 aliphatic rings. The fourth-order valence-corrected chi connectivity index (χ4v) is 2.90. The van der Waals surface area contributed by atoms with Crippen molar-refractivity contribution < 1.29 is 4.79 Å². The predicted octanol–water partition coefficient (Wildman–Crippen LogP) is 3.31. The fourth-order valence-electron chi connectivity index (χ4n) is 2.90. The average molecular weight is 274 g/mol. The molecule has 20 heavy (non-hydrogen) atoms. The summed E-state index contributed by atoms with van der Waals surface area (Å²) < 4.78 is 0. The number of aryl methyl sites for hydroxylation is 2. The van der Waals surface area contributed by atoms with Gasteiger partial charge in [-0.05, 0) is 44.7 Å². The van der Waals surface area contributed by atoms with Gasteiger partial charge in [0, 0.05) is 6.54 Å². The molecule has 1 aliphatic heterocycles. The van der Waals surface area contributed by atoms with Crippen molar-refractivity contribution in [3.63, 3.8) is 0 Å². The van der Waals surface area contributed by atoms with Crippen molar-refractivity contribution in [3.8, 4) is 0 Å². The molecule has 1 aromatic rings. The van der Waals surface area contributed by atoms with Crippen LogP contribution in [0.25, 0.3) is 0 Å². The van der Waals surface area contributed by atoms with Crippen LogP contribution in [0, 0.1) is 13.8 Å². The van der Waals surface area contributed by atoms with E-state index < -0.39 is 5.54 Å². The Bertz CT molecular complexity index is 512. The molecule has 3 nitrogen and oxygen atoms in total. The first-order valence-electron chi connectivity index (χ1n) is 7.59. The normalized spacial score (nSPS) is 26.4. The number of benzene rings is 1. The van der Waals surface area contributed by atoms with Gasteiger partial charge in [-0.3, -0.25) is 10.1 Å². The molecule has 0 spiro atoms. The highest BCUT2D eigenvalue weighted by molar-refractivity contribution is 5.88. The van der Waals surface area contributed by atoms with Crippen LogP contribution in [-0.4, -0.2) is 22.9 Å². The van der Waals surface area contributed by atoms with E-state index in [0.29, 0.717) is 0 Å². The van der Waals surface area contributed by atoms with Crippen LogP contribution < -0.4 is 5.32 Å². The van der Waals surface area contributed by atoms with Gasteiger partial charge in [-0.1, -0.05) is 37.6 Å². The minimum absolute atomic E-state index is 0.00676. The van der Waals surface area contributed by atoms with E-state index >= 15 is 0 Å². The number of nitrogens with one attached hydrogen (secondary N) is 1. The quantitative estimate of drug-likeness (QED) is 0.913. The van der Waals surface area contributed by atoms with Crippen molar-refractivity contribution >= 4 is 5.91 Å². The lowest BCUT2D eigenvalue weighted by molar-refractivity contribution is -0.133. The highest BCUT2D eigenvalue weighted by Gasteiger charge is 2.47. The van der Waals surface area contributed by atoms with Gasteiger partial charge in [0.1, 0.15) is 6.17 Å². The average Bonchev–Trinajstić information content (AvgIpc) is 2.68. The lowest BCUT2D eigenvalue weighted by Gasteiger charge is -2.25. The number of carbonyl (C=O) groups excluding carboxylic acids is 1. The molecular formula is C17H26N2O. The Kier molecular flexibility index (Phi) is 4.19. The van der Waals surface area contributed by atoms with Crippen molar-refractivity contribution in [2.24, 2.45) is 0 Å².